The maximum atomic E-state index is 12.9. The van der Waals surface area contributed by atoms with E-state index in [-0.39, 0.29) is 11.8 Å². The van der Waals surface area contributed by atoms with Crippen LogP contribution >= 0.6 is 0 Å². The average molecular weight is 462 g/mol. The van der Waals surface area contributed by atoms with Crippen LogP contribution in [-0.4, -0.2) is 70.5 Å². The number of H-pyrrole nitrogens is 1. The molecule has 11 nitrogen and oxygen atoms in total. The molecule has 1 N–H and O–H groups in total. The fourth-order valence-corrected chi connectivity index (χ4v) is 3.79. The van der Waals surface area contributed by atoms with E-state index in [4.69, 9.17) is 18.7 Å². The van der Waals surface area contributed by atoms with Crippen molar-refractivity contribution in [2.24, 2.45) is 0 Å². The molecule has 4 heterocycles. The topological polar surface area (TPSA) is 128 Å². The van der Waals surface area contributed by atoms with E-state index in [1.54, 1.807) is 56.8 Å². The van der Waals surface area contributed by atoms with E-state index in [2.05, 4.69) is 25.3 Å². The van der Waals surface area contributed by atoms with E-state index in [1.807, 2.05) is 12.1 Å². The minimum absolute atomic E-state index is 0.0145. The fourth-order valence-electron chi connectivity index (χ4n) is 3.79. The number of aromatic amines is 1. The first kappa shape index (κ1) is 21.4. The Bertz CT molecular complexity index is 1290. The van der Waals surface area contributed by atoms with E-state index in [1.165, 1.54) is 0 Å². The molecule has 3 aromatic heterocycles. The Kier molecular flexibility index (Phi) is 5.58. The number of carbonyl (C=O) groups is 1. The van der Waals surface area contributed by atoms with Crippen molar-refractivity contribution >= 4 is 5.91 Å². The smallest absolute Gasteiger partial charge is 0.271 e. The third-order valence-corrected chi connectivity index (χ3v) is 5.65. The molecule has 4 aromatic rings. The highest BCUT2D eigenvalue weighted by Crippen LogP contribution is 2.41. The lowest BCUT2D eigenvalue weighted by molar-refractivity contribution is 0.0563. The number of nitrogens with zero attached hydrogens (tertiary/aromatic N) is 5. The van der Waals surface area contributed by atoms with Gasteiger partial charge in [-0.3, -0.25) is 14.9 Å². The third kappa shape index (κ3) is 3.81. The zero-order chi connectivity index (χ0) is 23.7. The number of benzene rings is 1. The van der Waals surface area contributed by atoms with Crippen molar-refractivity contribution in [1.82, 2.24) is 30.2 Å². The summed E-state index contributed by atoms with van der Waals surface area (Å²) in [5.41, 5.74) is 2.46. The van der Waals surface area contributed by atoms with E-state index < -0.39 is 0 Å². The normalized spacial score (nSPS) is 13.4. The van der Waals surface area contributed by atoms with E-state index in [0.717, 1.165) is 11.1 Å². The van der Waals surface area contributed by atoms with Gasteiger partial charge in [0.1, 0.15) is 5.69 Å². The molecule has 0 atom stereocenters. The molecule has 1 amide bonds. The molecule has 1 fully saturated rings. The Labute approximate surface area is 194 Å². The van der Waals surface area contributed by atoms with Crippen molar-refractivity contribution in [1.29, 1.82) is 0 Å². The van der Waals surface area contributed by atoms with Crippen LogP contribution < -0.4 is 14.2 Å². The fraction of sp³-hybridized carbons (Fsp3) is 0.261. The maximum absolute atomic E-state index is 12.9. The SMILES string of the molecule is COc1cc(-c2cc(C(=O)N3CC(c4nc(-c5cccnc5)no4)C3)[nH]n2)cc(OC)c1OC. The number of likely N-dealkylation sites (tertiary alicyclic amines) is 1. The van der Waals surface area contributed by atoms with Crippen LogP contribution in [0, 0.1) is 0 Å². The molecular formula is C23H22N6O5. The van der Waals surface area contributed by atoms with Crippen molar-refractivity contribution in [2.45, 2.75) is 5.92 Å². The van der Waals surface area contributed by atoms with Crippen LogP contribution in [0.2, 0.25) is 0 Å². The first-order valence-corrected chi connectivity index (χ1v) is 10.5. The van der Waals surface area contributed by atoms with E-state index in [9.17, 15) is 4.79 Å². The summed E-state index contributed by atoms with van der Waals surface area (Å²) in [5.74, 6) is 2.31. The summed E-state index contributed by atoms with van der Waals surface area (Å²) in [6.45, 7) is 0.956. The van der Waals surface area contributed by atoms with Crippen molar-refractivity contribution < 1.29 is 23.5 Å². The molecule has 11 heteroatoms. The Balaban J connectivity index is 1.27. The first-order chi connectivity index (χ1) is 16.6. The number of hydrogen-bond acceptors (Lipinski definition) is 9. The van der Waals surface area contributed by atoms with Gasteiger partial charge >= 0.3 is 0 Å². The van der Waals surface area contributed by atoms with Crippen molar-refractivity contribution in [2.75, 3.05) is 34.4 Å². The van der Waals surface area contributed by atoms with Gasteiger partial charge in [-0.25, -0.2) is 0 Å². The molecule has 34 heavy (non-hydrogen) atoms. The van der Waals surface area contributed by atoms with Gasteiger partial charge in [0.2, 0.25) is 17.5 Å². The maximum Gasteiger partial charge on any atom is 0.271 e. The summed E-state index contributed by atoms with van der Waals surface area (Å²) in [4.78, 5) is 23.1. The number of carbonyl (C=O) groups excluding carboxylic acids is 1. The van der Waals surface area contributed by atoms with Gasteiger partial charge < -0.3 is 23.6 Å². The second kappa shape index (κ2) is 8.85. The van der Waals surface area contributed by atoms with Gasteiger partial charge in [0.15, 0.2) is 11.5 Å². The van der Waals surface area contributed by atoms with Gasteiger partial charge in [-0.1, -0.05) is 5.16 Å². The van der Waals surface area contributed by atoms with Crippen molar-refractivity contribution in [3.63, 3.8) is 0 Å². The monoisotopic (exact) mass is 462 g/mol. The number of ether oxygens (including phenoxy) is 3. The van der Waals surface area contributed by atoms with Crippen LogP contribution in [0.3, 0.4) is 0 Å². The number of nitrogens with one attached hydrogen (secondary N) is 1. The lowest BCUT2D eigenvalue weighted by atomic mass is 9.99. The number of rotatable bonds is 7. The Morgan fingerprint density at radius 2 is 1.85 bits per heavy atom. The average Bonchev–Trinajstić information content (AvgIpc) is 3.53. The molecule has 0 spiro atoms. The number of hydrogen-bond donors (Lipinski definition) is 1. The molecular weight excluding hydrogens is 440 g/mol. The minimum Gasteiger partial charge on any atom is -0.493 e. The van der Waals surface area contributed by atoms with Gasteiger partial charge in [-0.05, 0) is 30.3 Å². The van der Waals surface area contributed by atoms with Crippen LogP contribution in [0.1, 0.15) is 22.3 Å². The van der Waals surface area contributed by atoms with Crippen LogP contribution in [-0.2, 0) is 0 Å². The highest BCUT2D eigenvalue weighted by atomic mass is 16.5. The Morgan fingerprint density at radius 1 is 1.09 bits per heavy atom. The Hall–Kier alpha value is -4.41. The number of methoxy groups -OCH3 is 3. The number of pyridine rings is 1. The standard InChI is InChI=1S/C23H22N6O5/c1-31-18-7-14(8-19(32-2)20(18)33-3)16-9-17(27-26-16)23(30)29-11-15(12-29)22-25-21(28-34-22)13-5-4-6-24-10-13/h4-10,15H,11-12H2,1-3H3,(H,26,27). The van der Waals surface area contributed by atoms with Gasteiger partial charge in [-0.15, -0.1) is 0 Å². The Morgan fingerprint density at radius 3 is 2.50 bits per heavy atom. The molecule has 0 radical (unpaired) electrons. The molecule has 1 aliphatic heterocycles. The van der Waals surface area contributed by atoms with Gasteiger partial charge in [-0.2, -0.15) is 10.1 Å². The second-order valence-electron chi connectivity index (χ2n) is 7.69. The lowest BCUT2D eigenvalue weighted by Gasteiger charge is -2.36. The minimum atomic E-state index is -0.158. The summed E-state index contributed by atoms with van der Waals surface area (Å²) in [6.07, 6.45) is 3.36. The summed E-state index contributed by atoms with van der Waals surface area (Å²) < 4.78 is 21.6. The summed E-state index contributed by atoms with van der Waals surface area (Å²) in [5, 5.41) is 11.1. The van der Waals surface area contributed by atoms with Crippen LogP contribution in [0.15, 0.2) is 47.2 Å². The largest absolute Gasteiger partial charge is 0.493 e. The van der Waals surface area contributed by atoms with Gasteiger partial charge in [0.25, 0.3) is 5.91 Å². The molecule has 1 aromatic carbocycles. The van der Waals surface area contributed by atoms with Gasteiger partial charge in [0, 0.05) is 36.6 Å². The molecule has 0 saturated carbocycles. The van der Waals surface area contributed by atoms with Crippen LogP contribution in [0.25, 0.3) is 22.6 Å². The van der Waals surface area contributed by atoms with Crippen LogP contribution in [0.4, 0.5) is 0 Å². The molecule has 0 bridgehead atoms. The van der Waals surface area contributed by atoms with E-state index >= 15 is 0 Å². The molecule has 174 valence electrons. The third-order valence-electron chi connectivity index (χ3n) is 5.65. The number of aromatic nitrogens is 5. The zero-order valence-electron chi connectivity index (χ0n) is 18.8. The van der Waals surface area contributed by atoms with E-state index in [0.29, 0.717) is 53.4 Å². The van der Waals surface area contributed by atoms with Crippen molar-refractivity contribution in [3.8, 4) is 39.9 Å². The highest BCUT2D eigenvalue weighted by Gasteiger charge is 2.36. The molecule has 5 rings (SSSR count). The highest BCUT2D eigenvalue weighted by molar-refractivity contribution is 5.94. The van der Waals surface area contributed by atoms with Gasteiger partial charge in [0.05, 0.1) is 32.9 Å². The zero-order valence-corrected chi connectivity index (χ0v) is 18.8. The molecule has 1 saturated heterocycles. The summed E-state index contributed by atoms with van der Waals surface area (Å²) in [6, 6.07) is 8.93. The quantitative estimate of drug-likeness (QED) is 0.441. The van der Waals surface area contributed by atoms with Crippen molar-refractivity contribution in [3.05, 3.63) is 54.3 Å². The number of amides is 1. The molecule has 0 aliphatic carbocycles. The summed E-state index contributed by atoms with van der Waals surface area (Å²) >= 11 is 0. The molecule has 1 aliphatic rings. The first-order valence-electron chi connectivity index (χ1n) is 10.5. The molecule has 0 unspecified atom stereocenters. The summed E-state index contributed by atoms with van der Waals surface area (Å²) in [7, 11) is 4.63. The lowest BCUT2D eigenvalue weighted by Crippen LogP contribution is -2.48. The predicted molar refractivity (Wildman–Crippen MR) is 120 cm³/mol. The predicted octanol–water partition coefficient (Wildman–Crippen LogP) is 2.79. The van der Waals surface area contributed by atoms with Crippen LogP contribution in [0.5, 0.6) is 17.2 Å². The second-order valence-corrected chi connectivity index (χ2v) is 7.69.